The van der Waals surface area contributed by atoms with Gasteiger partial charge in [-0.1, -0.05) is 0 Å². The molecule has 1 N–H and O–H groups in total. The molecule has 2 atom stereocenters. The molecule has 7 nitrogen and oxygen atoms in total. The molecule has 0 heterocycles. The fraction of sp³-hybridized carbons (Fsp3) is 0.600. The van der Waals surface area contributed by atoms with Crippen molar-refractivity contribution in [3.8, 4) is 0 Å². The second-order valence-corrected chi connectivity index (χ2v) is 3.39. The maximum Gasteiger partial charge on any atom is 0.347 e. The number of carbonyl (C=O) groups excluding carboxylic acids is 3. The van der Waals surface area contributed by atoms with Crippen LogP contribution in [0.2, 0.25) is 0 Å². The summed E-state index contributed by atoms with van der Waals surface area (Å²) < 4.78 is 9.16. The third-order valence-corrected chi connectivity index (χ3v) is 1.75. The molecular weight excluding hydrogens is 232 g/mol. The Morgan fingerprint density at radius 3 is 2.00 bits per heavy atom. The standard InChI is InChI=1S/C10H14O7/c1-5(11)8(4-9(13)14)17-10(15)6(2)16-7(3)12/h6,8H,4H2,1-3H3,(H,13,14)/t6-,8-/m0/s1. The van der Waals surface area contributed by atoms with Gasteiger partial charge in [-0.2, -0.15) is 0 Å². The van der Waals surface area contributed by atoms with Gasteiger partial charge in [0.2, 0.25) is 0 Å². The summed E-state index contributed by atoms with van der Waals surface area (Å²) in [6, 6.07) is 0. The van der Waals surface area contributed by atoms with Gasteiger partial charge in [0.15, 0.2) is 18.0 Å². The lowest BCUT2D eigenvalue weighted by Crippen LogP contribution is -2.34. The maximum atomic E-state index is 11.3. The molecule has 7 heteroatoms. The largest absolute Gasteiger partial charge is 0.481 e. The maximum absolute atomic E-state index is 11.3. The second-order valence-electron chi connectivity index (χ2n) is 3.39. The first-order valence-corrected chi connectivity index (χ1v) is 4.84. The Hall–Kier alpha value is -1.92. The zero-order valence-electron chi connectivity index (χ0n) is 9.76. The highest BCUT2D eigenvalue weighted by molar-refractivity contribution is 5.88. The Labute approximate surface area is 97.7 Å². The molecule has 0 rings (SSSR count). The first-order chi connectivity index (χ1) is 7.73. The zero-order chi connectivity index (χ0) is 13.6. The van der Waals surface area contributed by atoms with Crippen molar-refractivity contribution in [3.05, 3.63) is 0 Å². The molecule has 0 aromatic rings. The third-order valence-electron chi connectivity index (χ3n) is 1.75. The van der Waals surface area contributed by atoms with E-state index < -0.39 is 42.3 Å². The van der Waals surface area contributed by atoms with Crippen molar-refractivity contribution in [2.24, 2.45) is 0 Å². The van der Waals surface area contributed by atoms with Crippen LogP contribution in [0.3, 0.4) is 0 Å². The summed E-state index contributed by atoms with van der Waals surface area (Å²) in [7, 11) is 0. The lowest BCUT2D eigenvalue weighted by atomic mass is 10.2. The molecule has 0 aromatic heterocycles. The molecule has 17 heavy (non-hydrogen) atoms. The minimum Gasteiger partial charge on any atom is -0.481 e. The van der Waals surface area contributed by atoms with Gasteiger partial charge in [-0.25, -0.2) is 4.79 Å². The summed E-state index contributed by atoms with van der Waals surface area (Å²) in [5.74, 6) is -3.48. The van der Waals surface area contributed by atoms with Crippen molar-refractivity contribution in [1.82, 2.24) is 0 Å². The van der Waals surface area contributed by atoms with Gasteiger partial charge in [0, 0.05) is 6.92 Å². The van der Waals surface area contributed by atoms with Gasteiger partial charge in [0.05, 0.1) is 6.42 Å². The van der Waals surface area contributed by atoms with E-state index in [9.17, 15) is 19.2 Å². The van der Waals surface area contributed by atoms with Crippen LogP contribution in [0.1, 0.15) is 27.2 Å². The van der Waals surface area contributed by atoms with Gasteiger partial charge >= 0.3 is 17.9 Å². The van der Waals surface area contributed by atoms with E-state index in [0.29, 0.717) is 0 Å². The monoisotopic (exact) mass is 246 g/mol. The van der Waals surface area contributed by atoms with E-state index in [4.69, 9.17) is 5.11 Å². The van der Waals surface area contributed by atoms with Crippen molar-refractivity contribution in [2.45, 2.75) is 39.4 Å². The van der Waals surface area contributed by atoms with E-state index in [2.05, 4.69) is 9.47 Å². The lowest BCUT2D eigenvalue weighted by Gasteiger charge is -2.16. The average Bonchev–Trinajstić information content (AvgIpc) is 2.14. The highest BCUT2D eigenvalue weighted by Crippen LogP contribution is 2.05. The van der Waals surface area contributed by atoms with E-state index in [-0.39, 0.29) is 0 Å². The minimum atomic E-state index is -1.36. The third kappa shape index (κ3) is 6.29. The molecule has 0 amide bonds. The molecule has 0 saturated carbocycles. The van der Waals surface area contributed by atoms with Gasteiger partial charge in [-0.05, 0) is 13.8 Å². The summed E-state index contributed by atoms with van der Waals surface area (Å²) in [6.45, 7) is 3.49. The number of rotatable bonds is 6. The first kappa shape index (κ1) is 15.1. The molecule has 0 spiro atoms. The van der Waals surface area contributed by atoms with Gasteiger partial charge in [-0.3, -0.25) is 14.4 Å². The van der Waals surface area contributed by atoms with Gasteiger partial charge < -0.3 is 14.6 Å². The molecule has 0 aliphatic heterocycles. The van der Waals surface area contributed by atoms with E-state index in [1.165, 1.54) is 6.92 Å². The quantitative estimate of drug-likeness (QED) is 0.652. The topological polar surface area (TPSA) is 107 Å². The fourth-order valence-electron chi connectivity index (χ4n) is 0.960. The zero-order valence-corrected chi connectivity index (χ0v) is 9.76. The Bertz CT molecular complexity index is 334. The normalized spacial score (nSPS) is 13.4. The molecule has 0 saturated heterocycles. The van der Waals surface area contributed by atoms with E-state index in [1.807, 2.05) is 0 Å². The van der Waals surface area contributed by atoms with E-state index in [1.54, 1.807) is 0 Å². The molecule has 0 aromatic carbocycles. The van der Waals surface area contributed by atoms with Crippen LogP contribution in [-0.2, 0) is 28.7 Å². The Kier molecular flexibility index (Phi) is 5.87. The van der Waals surface area contributed by atoms with Gasteiger partial charge in [0.25, 0.3) is 0 Å². The molecule has 0 fully saturated rings. The van der Waals surface area contributed by atoms with Crippen LogP contribution >= 0.6 is 0 Å². The van der Waals surface area contributed by atoms with Crippen LogP contribution < -0.4 is 0 Å². The lowest BCUT2D eigenvalue weighted by molar-refractivity contribution is -0.172. The fourth-order valence-corrected chi connectivity index (χ4v) is 0.960. The minimum absolute atomic E-state index is 0.587. The highest BCUT2D eigenvalue weighted by Gasteiger charge is 2.26. The predicted molar refractivity (Wildman–Crippen MR) is 54.0 cm³/mol. The summed E-state index contributed by atoms with van der Waals surface area (Å²) in [5.41, 5.74) is 0. The van der Waals surface area contributed by atoms with Crippen LogP contribution in [0.25, 0.3) is 0 Å². The van der Waals surface area contributed by atoms with Crippen molar-refractivity contribution in [1.29, 1.82) is 0 Å². The van der Waals surface area contributed by atoms with Gasteiger partial charge in [-0.15, -0.1) is 0 Å². The number of hydrogen-bond donors (Lipinski definition) is 1. The number of carboxylic acids is 1. The van der Waals surface area contributed by atoms with Crippen molar-refractivity contribution < 1.29 is 33.8 Å². The number of ether oxygens (including phenoxy) is 2. The molecule has 0 unspecified atom stereocenters. The van der Waals surface area contributed by atoms with E-state index in [0.717, 1.165) is 13.8 Å². The van der Waals surface area contributed by atoms with Gasteiger partial charge in [0.1, 0.15) is 0 Å². The van der Waals surface area contributed by atoms with Crippen molar-refractivity contribution in [2.75, 3.05) is 0 Å². The average molecular weight is 246 g/mol. The van der Waals surface area contributed by atoms with E-state index >= 15 is 0 Å². The van der Waals surface area contributed by atoms with Crippen LogP contribution in [0, 0.1) is 0 Å². The Morgan fingerprint density at radius 2 is 1.65 bits per heavy atom. The Balaban J connectivity index is 4.44. The number of aliphatic carboxylic acids is 1. The van der Waals surface area contributed by atoms with Crippen LogP contribution in [0.15, 0.2) is 0 Å². The molecule has 0 radical (unpaired) electrons. The number of ketones is 1. The van der Waals surface area contributed by atoms with Crippen LogP contribution in [-0.4, -0.2) is 41.0 Å². The van der Waals surface area contributed by atoms with Crippen molar-refractivity contribution >= 4 is 23.7 Å². The summed E-state index contributed by atoms with van der Waals surface area (Å²) in [4.78, 5) is 43.3. The number of hydrogen-bond acceptors (Lipinski definition) is 6. The summed E-state index contributed by atoms with van der Waals surface area (Å²) >= 11 is 0. The van der Waals surface area contributed by atoms with Crippen LogP contribution in [0.4, 0.5) is 0 Å². The Morgan fingerprint density at radius 1 is 1.12 bits per heavy atom. The SMILES string of the molecule is CC(=O)O[C@@H](C)C(=O)O[C@@H](CC(=O)O)C(C)=O. The first-order valence-electron chi connectivity index (χ1n) is 4.84. The summed E-state index contributed by atoms with van der Waals surface area (Å²) in [5, 5.41) is 8.50. The molecule has 0 aliphatic carbocycles. The second kappa shape index (κ2) is 6.62. The summed E-state index contributed by atoms with van der Waals surface area (Å²) in [6.07, 6.45) is -3.16. The molecule has 0 bridgehead atoms. The van der Waals surface area contributed by atoms with Crippen LogP contribution in [0.5, 0.6) is 0 Å². The highest BCUT2D eigenvalue weighted by atomic mass is 16.6. The number of carbonyl (C=O) groups is 4. The molecular formula is C10H14O7. The number of carboxylic acid groups (broad SMARTS) is 1. The number of Topliss-reactive ketones (excluding diaryl/α,β-unsaturated/α-hetero) is 1. The smallest absolute Gasteiger partial charge is 0.347 e. The molecule has 0 aliphatic rings. The number of esters is 2. The molecule has 96 valence electrons. The van der Waals surface area contributed by atoms with Crippen molar-refractivity contribution in [3.63, 3.8) is 0 Å². The predicted octanol–water partition coefficient (Wildman–Crippen LogP) is -0.0865.